The molecule has 0 radical (unpaired) electrons. The summed E-state index contributed by atoms with van der Waals surface area (Å²) in [5, 5.41) is 36.9. The van der Waals surface area contributed by atoms with Crippen LogP contribution in [0.1, 0.15) is 141 Å². The van der Waals surface area contributed by atoms with Gasteiger partial charge in [0.1, 0.15) is 24.1 Å². The minimum Gasteiger partial charge on any atom is -0.459 e. The van der Waals surface area contributed by atoms with Gasteiger partial charge in [0.15, 0.2) is 0 Å². The first-order valence-corrected chi connectivity index (χ1v) is 24.1. The minimum atomic E-state index is -1.48. The zero-order chi connectivity index (χ0) is 45.3. The van der Waals surface area contributed by atoms with Crippen molar-refractivity contribution in [1.29, 1.82) is 0 Å². The highest BCUT2D eigenvalue weighted by Crippen LogP contribution is 2.62. The third-order valence-corrected chi connectivity index (χ3v) is 12.5. The molecule has 0 spiro atoms. The maximum absolute atomic E-state index is 14.1. The molecule has 0 aromatic heterocycles. The predicted molar refractivity (Wildman–Crippen MR) is 244 cm³/mol. The van der Waals surface area contributed by atoms with Gasteiger partial charge in [0.2, 0.25) is 5.79 Å². The van der Waals surface area contributed by atoms with E-state index in [1.807, 2.05) is 19.1 Å². The number of hydrogen-bond donors (Lipinski definition) is 4. The number of carbonyl (C=O) groups excluding carboxylic acids is 2. The molecule has 0 bridgehead atoms. The van der Waals surface area contributed by atoms with Crippen LogP contribution in [0.4, 0.5) is 9.59 Å². The Morgan fingerprint density at radius 2 is 1.62 bits per heavy atom. The normalized spacial score (nSPS) is 22.9. The smallest absolute Gasteiger partial charge is 0.412 e. The molecule has 63 heavy (non-hydrogen) atoms. The van der Waals surface area contributed by atoms with E-state index in [0.29, 0.717) is 43.2 Å². The highest BCUT2D eigenvalue weighted by atomic mass is 16.7. The molecule has 4 rings (SSSR count). The first-order chi connectivity index (χ1) is 30.8. The van der Waals surface area contributed by atoms with E-state index < -0.39 is 29.9 Å². The van der Waals surface area contributed by atoms with Crippen molar-refractivity contribution in [2.45, 2.75) is 148 Å². The van der Waals surface area contributed by atoms with Crippen LogP contribution in [0.15, 0.2) is 47.7 Å². The zero-order valence-corrected chi connectivity index (χ0v) is 38.6. The number of oxime groups is 1. The maximum Gasteiger partial charge on any atom is 0.412 e. The largest absolute Gasteiger partial charge is 0.459 e. The average molecular weight is 886 g/mol. The fraction of sp³-hybridized carbons (Fsp3) is 0.735. The summed E-state index contributed by atoms with van der Waals surface area (Å²) < 4.78 is 31.5. The molecular formula is C49H79N3O11. The molecule has 2 amide bonds. The summed E-state index contributed by atoms with van der Waals surface area (Å²) >= 11 is 0. The second-order valence-corrected chi connectivity index (χ2v) is 16.9. The average Bonchev–Trinajstić information content (AvgIpc) is 3.28. The van der Waals surface area contributed by atoms with Gasteiger partial charge in [-0.1, -0.05) is 94.9 Å². The number of aliphatic hydroxyl groups excluding tert-OH is 3. The Bertz CT molecular complexity index is 1570. The summed E-state index contributed by atoms with van der Waals surface area (Å²) in [6.07, 6.45) is 19.5. The lowest BCUT2D eigenvalue weighted by molar-refractivity contribution is -0.256. The van der Waals surface area contributed by atoms with Crippen LogP contribution in [0, 0.1) is 17.8 Å². The van der Waals surface area contributed by atoms with Gasteiger partial charge in [-0.25, -0.2) is 9.59 Å². The lowest BCUT2D eigenvalue weighted by atomic mass is 9.55. The van der Waals surface area contributed by atoms with Crippen LogP contribution in [-0.2, 0) is 19.0 Å². The summed E-state index contributed by atoms with van der Waals surface area (Å²) in [6, 6.07) is 4.66. The molecule has 1 saturated carbocycles. The summed E-state index contributed by atoms with van der Waals surface area (Å²) in [7, 11) is 0. The van der Waals surface area contributed by atoms with E-state index in [9.17, 15) is 24.9 Å². The van der Waals surface area contributed by atoms with Crippen molar-refractivity contribution in [3.05, 3.63) is 48.1 Å². The van der Waals surface area contributed by atoms with Gasteiger partial charge in [0, 0.05) is 44.2 Å². The van der Waals surface area contributed by atoms with Gasteiger partial charge in [-0.05, 0) is 81.6 Å². The quantitative estimate of drug-likeness (QED) is 0.0309. The van der Waals surface area contributed by atoms with E-state index in [1.165, 1.54) is 44.9 Å². The van der Waals surface area contributed by atoms with Crippen molar-refractivity contribution in [1.82, 2.24) is 10.2 Å². The van der Waals surface area contributed by atoms with E-state index in [4.69, 9.17) is 33.7 Å². The summed E-state index contributed by atoms with van der Waals surface area (Å²) in [5.41, 5.74) is 2.40. The summed E-state index contributed by atoms with van der Waals surface area (Å²) in [4.78, 5) is 34.7. The Labute approximate surface area is 376 Å². The molecule has 14 nitrogen and oxygen atoms in total. The molecule has 1 fully saturated rings. The molecule has 6 unspecified atom stereocenters. The number of fused-ring (bicyclic) bond motifs is 2. The van der Waals surface area contributed by atoms with Crippen LogP contribution >= 0.6 is 0 Å². The van der Waals surface area contributed by atoms with E-state index in [-0.39, 0.29) is 77.0 Å². The van der Waals surface area contributed by atoms with E-state index >= 15 is 0 Å². The lowest BCUT2D eigenvalue weighted by Gasteiger charge is -2.59. The topological polar surface area (TPSA) is 178 Å². The number of nitrogens with one attached hydrogen (secondary N) is 1. The van der Waals surface area contributed by atoms with Gasteiger partial charge >= 0.3 is 12.2 Å². The van der Waals surface area contributed by atoms with Gasteiger partial charge in [-0.3, -0.25) is 4.90 Å². The molecule has 14 heteroatoms. The molecule has 1 aromatic carbocycles. The molecule has 4 N–H and O–H groups in total. The Morgan fingerprint density at radius 3 is 2.29 bits per heavy atom. The van der Waals surface area contributed by atoms with Crippen molar-refractivity contribution in [2.75, 3.05) is 65.9 Å². The van der Waals surface area contributed by atoms with Gasteiger partial charge in [0.25, 0.3) is 0 Å². The second kappa shape index (κ2) is 29.0. The van der Waals surface area contributed by atoms with Crippen molar-refractivity contribution in [3.8, 4) is 11.5 Å². The monoisotopic (exact) mass is 886 g/mol. The van der Waals surface area contributed by atoms with E-state index in [2.05, 4.69) is 24.9 Å². The number of nitrogens with zero attached hydrogens (tertiary/aromatic N) is 2. The SMILES string of the molecule is C=CCOC12Oc3ccc(OC(=O)NCCCCCCCCCCCC)cc3C3C(CCCCO)C(CCCCO)C=C(C(=NOCC)CC1N(CCOCCO)C(=O)OCC)C32. The van der Waals surface area contributed by atoms with Crippen LogP contribution in [-0.4, -0.2) is 116 Å². The number of hydrogen-bond acceptors (Lipinski definition) is 12. The molecular weight excluding hydrogens is 807 g/mol. The zero-order valence-electron chi connectivity index (χ0n) is 38.6. The Kier molecular flexibility index (Phi) is 23.9. The van der Waals surface area contributed by atoms with Crippen molar-refractivity contribution in [2.24, 2.45) is 22.9 Å². The predicted octanol–water partition coefficient (Wildman–Crippen LogP) is 8.82. The number of carbonyl (C=O) groups is 2. The van der Waals surface area contributed by atoms with Crippen molar-refractivity contribution >= 4 is 17.9 Å². The molecule has 356 valence electrons. The standard InChI is InChI=1S/C49H79N3O11/c1-5-9-10-11-12-13-14-15-16-19-26-50-47(56)62-38-24-25-43-41(35-38)45-39(23-18-21-29-54)37(22-17-20-28-53)34-40-42(51-61-8-4)36-44(49(63-43,46(40)45)60-31-6-2)52(48(57)59-7-3)27-32-58-33-30-55/h6,24-25,34-35,37,39,44-46,53-55H,2,5,7-23,26-33,36H2,1,3-4H3,(H,50,56). The van der Waals surface area contributed by atoms with Crippen LogP contribution in [0.5, 0.6) is 11.5 Å². The minimum absolute atomic E-state index is 0.00482. The van der Waals surface area contributed by atoms with Gasteiger partial charge in [-0.2, -0.15) is 0 Å². The fourth-order valence-corrected chi connectivity index (χ4v) is 9.71. The van der Waals surface area contributed by atoms with Gasteiger partial charge < -0.3 is 49.2 Å². The summed E-state index contributed by atoms with van der Waals surface area (Å²) in [5.74, 6) is -1.35. The first-order valence-electron chi connectivity index (χ1n) is 24.1. The molecule has 2 aliphatic carbocycles. The van der Waals surface area contributed by atoms with Crippen LogP contribution in [0.25, 0.3) is 0 Å². The first kappa shape index (κ1) is 51.9. The van der Waals surface area contributed by atoms with Gasteiger partial charge in [-0.15, -0.1) is 6.58 Å². The van der Waals surface area contributed by atoms with E-state index in [0.717, 1.165) is 56.1 Å². The van der Waals surface area contributed by atoms with E-state index in [1.54, 1.807) is 24.0 Å². The molecule has 1 aromatic rings. The number of amides is 2. The highest BCUT2D eigenvalue weighted by Gasteiger charge is 2.65. The summed E-state index contributed by atoms with van der Waals surface area (Å²) in [6.45, 7) is 11.3. The second-order valence-electron chi connectivity index (χ2n) is 16.9. The number of allylic oxidation sites excluding steroid dienone is 1. The maximum atomic E-state index is 14.1. The number of rotatable bonds is 32. The van der Waals surface area contributed by atoms with Crippen LogP contribution in [0.3, 0.4) is 0 Å². The van der Waals surface area contributed by atoms with Crippen LogP contribution < -0.4 is 14.8 Å². The molecule has 6 atom stereocenters. The Morgan fingerprint density at radius 1 is 0.905 bits per heavy atom. The third-order valence-electron chi connectivity index (χ3n) is 12.5. The Balaban J connectivity index is 1.76. The number of aliphatic hydroxyl groups is 3. The number of ether oxygens (including phenoxy) is 5. The number of benzene rings is 1. The molecule has 1 heterocycles. The molecule has 0 saturated heterocycles. The Hall–Kier alpha value is -3.69. The van der Waals surface area contributed by atoms with Crippen molar-refractivity contribution < 1.29 is 53.4 Å². The lowest BCUT2D eigenvalue weighted by Crippen LogP contribution is -2.70. The molecule has 3 aliphatic rings. The van der Waals surface area contributed by atoms with Crippen molar-refractivity contribution in [3.63, 3.8) is 0 Å². The number of unbranched alkanes of at least 4 members (excludes halogenated alkanes) is 11. The fourth-order valence-electron chi connectivity index (χ4n) is 9.71. The molecule has 1 aliphatic heterocycles. The van der Waals surface area contributed by atoms with Crippen LogP contribution in [0.2, 0.25) is 0 Å². The van der Waals surface area contributed by atoms with Gasteiger partial charge in [0.05, 0.1) is 44.7 Å². The third kappa shape index (κ3) is 14.9. The highest BCUT2D eigenvalue weighted by molar-refractivity contribution is 6.03.